The molecule has 1 aromatic carbocycles. The molecule has 0 saturated heterocycles. The molecule has 0 atom stereocenters. The molecule has 0 fully saturated rings. The highest BCUT2D eigenvalue weighted by molar-refractivity contribution is 7.80. The largest absolute Gasteiger partial charge is 0.271 e. The topological polar surface area (TPSA) is 37.3 Å². The number of thiocarbonyl (C=S) groups is 1. The van der Waals surface area contributed by atoms with E-state index in [1.54, 1.807) is 12.4 Å². The number of hydrogen-bond acceptors (Lipinski definition) is 3. The Balaban J connectivity index is 1.84. The fourth-order valence-corrected chi connectivity index (χ4v) is 1.66. The lowest BCUT2D eigenvalue weighted by atomic mass is 10.2. The Hall–Kier alpha value is -2.07. The van der Waals surface area contributed by atoms with Crippen LogP contribution < -0.4 is 5.43 Å². The molecule has 0 spiro atoms. The zero-order valence-corrected chi connectivity index (χ0v) is 10.6. The van der Waals surface area contributed by atoms with Gasteiger partial charge in [-0.3, -0.25) is 10.4 Å². The van der Waals surface area contributed by atoms with Gasteiger partial charge in [-0.2, -0.15) is 5.10 Å². The maximum absolute atomic E-state index is 5.21. The molecule has 4 heteroatoms. The minimum atomic E-state index is 0.688. The predicted octanol–water partition coefficient (Wildman–Crippen LogP) is 2.58. The molecule has 2 aromatic rings. The fourth-order valence-electron chi connectivity index (χ4n) is 1.44. The number of hydrogen-bond donors (Lipinski definition) is 1. The predicted molar refractivity (Wildman–Crippen MR) is 77.7 cm³/mol. The van der Waals surface area contributed by atoms with E-state index in [2.05, 4.69) is 15.5 Å². The summed E-state index contributed by atoms with van der Waals surface area (Å²) in [6, 6.07) is 15.7. The van der Waals surface area contributed by atoms with Crippen molar-refractivity contribution in [1.29, 1.82) is 0 Å². The summed E-state index contributed by atoms with van der Waals surface area (Å²) in [6.45, 7) is 0. The van der Waals surface area contributed by atoms with Crippen molar-refractivity contribution in [2.75, 3.05) is 0 Å². The van der Waals surface area contributed by atoms with Gasteiger partial charge in [-0.25, -0.2) is 0 Å². The van der Waals surface area contributed by atoms with Crippen LogP contribution in [0.4, 0.5) is 0 Å². The van der Waals surface area contributed by atoms with E-state index in [0.717, 1.165) is 5.69 Å². The average molecular weight is 255 g/mol. The number of benzene rings is 1. The van der Waals surface area contributed by atoms with E-state index >= 15 is 0 Å². The van der Waals surface area contributed by atoms with E-state index in [4.69, 9.17) is 12.2 Å². The summed E-state index contributed by atoms with van der Waals surface area (Å²) in [5, 5.41) is 4.06. The Bertz CT molecular complexity index is 523. The van der Waals surface area contributed by atoms with Crippen LogP contribution in [-0.2, 0) is 6.42 Å². The first-order valence-electron chi connectivity index (χ1n) is 5.61. The smallest absolute Gasteiger partial charge is 0.100 e. The first kappa shape index (κ1) is 12.4. The zero-order chi connectivity index (χ0) is 12.6. The summed E-state index contributed by atoms with van der Waals surface area (Å²) in [5.41, 5.74) is 4.81. The number of aromatic nitrogens is 1. The third kappa shape index (κ3) is 4.07. The summed E-state index contributed by atoms with van der Waals surface area (Å²) in [6.07, 6.45) is 4.07. The van der Waals surface area contributed by atoms with Crippen LogP contribution in [-0.4, -0.2) is 16.2 Å². The Kier molecular flexibility index (Phi) is 4.55. The van der Waals surface area contributed by atoms with Gasteiger partial charge in [-0.1, -0.05) is 48.6 Å². The van der Waals surface area contributed by atoms with Gasteiger partial charge in [-0.05, 0) is 17.7 Å². The molecular weight excluding hydrogens is 242 g/mol. The van der Waals surface area contributed by atoms with Gasteiger partial charge in [0.15, 0.2) is 0 Å². The van der Waals surface area contributed by atoms with Gasteiger partial charge in [0, 0.05) is 12.6 Å². The molecular formula is C14H13N3S. The van der Waals surface area contributed by atoms with Crippen LogP contribution in [0.1, 0.15) is 11.3 Å². The molecule has 0 bridgehead atoms. The van der Waals surface area contributed by atoms with Crippen LogP contribution >= 0.6 is 12.2 Å². The van der Waals surface area contributed by atoms with Gasteiger partial charge in [0.1, 0.15) is 4.99 Å². The van der Waals surface area contributed by atoms with Crippen LogP contribution in [0, 0.1) is 0 Å². The lowest BCUT2D eigenvalue weighted by Gasteiger charge is -2.02. The van der Waals surface area contributed by atoms with Gasteiger partial charge in [-0.15, -0.1) is 0 Å². The second-order valence-electron chi connectivity index (χ2n) is 3.71. The lowest BCUT2D eigenvalue weighted by molar-refractivity contribution is 1.02. The molecule has 1 N–H and O–H groups in total. The van der Waals surface area contributed by atoms with Crippen LogP contribution in [0.3, 0.4) is 0 Å². The Morgan fingerprint density at radius 1 is 1.17 bits per heavy atom. The highest BCUT2D eigenvalue weighted by Gasteiger charge is 1.96. The summed E-state index contributed by atoms with van der Waals surface area (Å²) in [5.74, 6) is 0. The average Bonchev–Trinajstić information content (AvgIpc) is 2.41. The fraction of sp³-hybridized carbons (Fsp3) is 0.0714. The molecule has 0 radical (unpaired) electrons. The van der Waals surface area contributed by atoms with Crippen LogP contribution in [0.2, 0.25) is 0 Å². The lowest BCUT2D eigenvalue weighted by Crippen LogP contribution is -2.17. The van der Waals surface area contributed by atoms with E-state index in [0.29, 0.717) is 11.4 Å². The van der Waals surface area contributed by atoms with Crippen molar-refractivity contribution < 1.29 is 0 Å². The normalized spacial score (nSPS) is 10.4. The molecule has 1 aromatic heterocycles. The summed E-state index contributed by atoms with van der Waals surface area (Å²) in [4.78, 5) is 4.82. The molecule has 0 amide bonds. The van der Waals surface area contributed by atoms with Crippen molar-refractivity contribution in [2.45, 2.75) is 6.42 Å². The monoisotopic (exact) mass is 255 g/mol. The molecule has 0 aliphatic heterocycles. The number of hydrazone groups is 1. The Labute approximate surface area is 112 Å². The molecule has 90 valence electrons. The van der Waals surface area contributed by atoms with E-state index < -0.39 is 0 Å². The van der Waals surface area contributed by atoms with E-state index in [9.17, 15) is 0 Å². The molecule has 3 nitrogen and oxygen atoms in total. The Morgan fingerprint density at radius 2 is 1.94 bits per heavy atom. The van der Waals surface area contributed by atoms with Gasteiger partial charge in [0.25, 0.3) is 0 Å². The standard InChI is InChI=1S/C14H13N3S/c18-14(10-12-6-2-1-3-7-12)17-16-11-13-8-4-5-9-15-13/h1-9,11H,10H2,(H,17,18)/b16-11+. The Morgan fingerprint density at radius 3 is 2.67 bits per heavy atom. The molecule has 0 saturated carbocycles. The summed E-state index contributed by atoms with van der Waals surface area (Å²) in [7, 11) is 0. The van der Waals surface area contributed by atoms with E-state index in [1.165, 1.54) is 5.56 Å². The highest BCUT2D eigenvalue weighted by atomic mass is 32.1. The molecule has 18 heavy (non-hydrogen) atoms. The number of pyridine rings is 1. The first-order chi connectivity index (χ1) is 8.84. The minimum absolute atomic E-state index is 0.688. The van der Waals surface area contributed by atoms with Crippen molar-refractivity contribution in [2.24, 2.45) is 5.10 Å². The minimum Gasteiger partial charge on any atom is -0.271 e. The van der Waals surface area contributed by atoms with Gasteiger partial charge >= 0.3 is 0 Å². The second-order valence-corrected chi connectivity index (χ2v) is 4.20. The summed E-state index contributed by atoms with van der Waals surface area (Å²) >= 11 is 5.21. The van der Waals surface area contributed by atoms with Crippen LogP contribution in [0.15, 0.2) is 59.8 Å². The van der Waals surface area contributed by atoms with Gasteiger partial charge in [0.05, 0.1) is 11.9 Å². The van der Waals surface area contributed by atoms with Crippen molar-refractivity contribution in [3.05, 3.63) is 66.0 Å². The number of nitrogens with one attached hydrogen (secondary N) is 1. The number of rotatable bonds is 4. The van der Waals surface area contributed by atoms with Gasteiger partial charge in [0.2, 0.25) is 0 Å². The van der Waals surface area contributed by atoms with Crippen molar-refractivity contribution >= 4 is 23.4 Å². The van der Waals surface area contributed by atoms with Crippen molar-refractivity contribution in [3.8, 4) is 0 Å². The zero-order valence-electron chi connectivity index (χ0n) is 9.78. The van der Waals surface area contributed by atoms with E-state index in [-0.39, 0.29) is 0 Å². The van der Waals surface area contributed by atoms with Gasteiger partial charge < -0.3 is 0 Å². The summed E-state index contributed by atoms with van der Waals surface area (Å²) < 4.78 is 0. The van der Waals surface area contributed by atoms with Crippen molar-refractivity contribution in [3.63, 3.8) is 0 Å². The maximum atomic E-state index is 5.21. The van der Waals surface area contributed by atoms with Crippen LogP contribution in [0.25, 0.3) is 0 Å². The van der Waals surface area contributed by atoms with E-state index in [1.807, 2.05) is 48.5 Å². The first-order valence-corrected chi connectivity index (χ1v) is 6.02. The third-order valence-electron chi connectivity index (χ3n) is 2.28. The maximum Gasteiger partial charge on any atom is 0.100 e. The molecule has 0 aliphatic carbocycles. The van der Waals surface area contributed by atoms with Crippen molar-refractivity contribution in [1.82, 2.24) is 10.4 Å². The molecule has 1 heterocycles. The van der Waals surface area contributed by atoms with Crippen LogP contribution in [0.5, 0.6) is 0 Å². The molecule has 2 rings (SSSR count). The number of nitrogens with zero attached hydrogens (tertiary/aromatic N) is 2. The SMILES string of the molecule is S=C(Cc1ccccc1)N/N=C/c1ccccn1. The quantitative estimate of drug-likeness (QED) is 0.518. The molecule has 0 aliphatic rings. The highest BCUT2D eigenvalue weighted by Crippen LogP contribution is 2.00. The second kappa shape index (κ2) is 6.61. The third-order valence-corrected chi connectivity index (χ3v) is 2.52. The molecule has 0 unspecified atom stereocenters.